The molecule has 0 amide bonds. The number of para-hydroxylation sites is 1. The standard InChI is InChI=1S/C17H17N3/c1-2-7-15-12-20(10-9-13(15)5-1)17-18-11-14-6-3-4-8-16(14)19-17/h1-8,11,13,15H,9-10,12H2. The van der Waals surface area contributed by atoms with Gasteiger partial charge in [-0.15, -0.1) is 0 Å². The molecule has 0 bridgehead atoms. The van der Waals surface area contributed by atoms with Crippen molar-refractivity contribution >= 4 is 16.9 Å². The second kappa shape index (κ2) is 4.75. The molecule has 0 saturated carbocycles. The molecule has 1 aliphatic carbocycles. The topological polar surface area (TPSA) is 29.0 Å². The number of piperidine rings is 1. The molecule has 2 aromatic rings. The summed E-state index contributed by atoms with van der Waals surface area (Å²) in [6, 6.07) is 8.16. The highest BCUT2D eigenvalue weighted by atomic mass is 15.3. The van der Waals surface area contributed by atoms with Gasteiger partial charge < -0.3 is 4.90 Å². The van der Waals surface area contributed by atoms with E-state index in [4.69, 9.17) is 4.98 Å². The summed E-state index contributed by atoms with van der Waals surface area (Å²) in [6.45, 7) is 2.06. The van der Waals surface area contributed by atoms with E-state index in [0.717, 1.165) is 29.9 Å². The number of nitrogens with zero attached hydrogens (tertiary/aromatic N) is 3. The molecule has 3 nitrogen and oxygen atoms in total. The Kier molecular flexibility index (Phi) is 2.76. The van der Waals surface area contributed by atoms with Crippen molar-refractivity contribution in [1.82, 2.24) is 9.97 Å². The van der Waals surface area contributed by atoms with E-state index >= 15 is 0 Å². The molecule has 3 heteroatoms. The Labute approximate surface area is 118 Å². The van der Waals surface area contributed by atoms with Crippen LogP contribution in [0.25, 0.3) is 10.9 Å². The van der Waals surface area contributed by atoms with Crippen molar-refractivity contribution in [2.24, 2.45) is 11.8 Å². The summed E-state index contributed by atoms with van der Waals surface area (Å²) >= 11 is 0. The summed E-state index contributed by atoms with van der Waals surface area (Å²) in [6.07, 6.45) is 12.1. The zero-order valence-electron chi connectivity index (χ0n) is 11.3. The molecule has 0 N–H and O–H groups in total. The van der Waals surface area contributed by atoms with E-state index in [9.17, 15) is 0 Å². The Morgan fingerprint density at radius 1 is 1.05 bits per heavy atom. The van der Waals surface area contributed by atoms with Crippen LogP contribution in [0.5, 0.6) is 0 Å². The van der Waals surface area contributed by atoms with Crippen LogP contribution in [0.4, 0.5) is 5.95 Å². The predicted molar refractivity (Wildman–Crippen MR) is 81.6 cm³/mol. The first-order chi connectivity index (χ1) is 9.90. The number of allylic oxidation sites excluding steroid dienone is 3. The van der Waals surface area contributed by atoms with E-state index in [1.165, 1.54) is 6.42 Å². The van der Waals surface area contributed by atoms with Crippen LogP contribution in [0.1, 0.15) is 6.42 Å². The molecule has 4 rings (SSSR count). The zero-order valence-corrected chi connectivity index (χ0v) is 11.3. The largest absolute Gasteiger partial charge is 0.340 e. The Balaban J connectivity index is 1.63. The van der Waals surface area contributed by atoms with E-state index in [1.807, 2.05) is 18.3 Å². The van der Waals surface area contributed by atoms with Gasteiger partial charge in [0.2, 0.25) is 5.95 Å². The maximum absolute atomic E-state index is 4.71. The fraction of sp³-hybridized carbons (Fsp3) is 0.294. The lowest BCUT2D eigenvalue weighted by atomic mass is 9.83. The first-order valence-electron chi connectivity index (χ1n) is 7.22. The minimum Gasteiger partial charge on any atom is -0.340 e. The van der Waals surface area contributed by atoms with Crippen LogP contribution in [0.2, 0.25) is 0 Å². The highest BCUT2D eigenvalue weighted by molar-refractivity contribution is 5.78. The van der Waals surface area contributed by atoms with E-state index in [2.05, 4.69) is 46.3 Å². The van der Waals surface area contributed by atoms with Crippen molar-refractivity contribution in [2.45, 2.75) is 6.42 Å². The number of benzene rings is 1. The van der Waals surface area contributed by atoms with E-state index < -0.39 is 0 Å². The Morgan fingerprint density at radius 2 is 1.90 bits per heavy atom. The smallest absolute Gasteiger partial charge is 0.225 e. The van der Waals surface area contributed by atoms with Gasteiger partial charge in [0, 0.05) is 30.6 Å². The van der Waals surface area contributed by atoms with Crippen LogP contribution in [0, 0.1) is 11.8 Å². The fourth-order valence-electron chi connectivity index (χ4n) is 3.15. The second-order valence-electron chi connectivity index (χ2n) is 5.56. The van der Waals surface area contributed by atoms with Crippen molar-refractivity contribution in [1.29, 1.82) is 0 Å². The van der Waals surface area contributed by atoms with Crippen LogP contribution < -0.4 is 4.90 Å². The van der Waals surface area contributed by atoms with Crippen LogP contribution in [0.15, 0.2) is 54.8 Å². The maximum atomic E-state index is 4.71. The van der Waals surface area contributed by atoms with E-state index in [-0.39, 0.29) is 0 Å². The predicted octanol–water partition coefficient (Wildman–Crippen LogP) is 3.20. The normalized spacial score (nSPS) is 24.9. The zero-order chi connectivity index (χ0) is 13.4. The summed E-state index contributed by atoms with van der Waals surface area (Å²) in [5.74, 6) is 2.16. The van der Waals surface area contributed by atoms with E-state index in [1.54, 1.807) is 0 Å². The first-order valence-corrected chi connectivity index (χ1v) is 7.22. The highest BCUT2D eigenvalue weighted by Gasteiger charge is 2.28. The van der Waals surface area contributed by atoms with Gasteiger partial charge in [0.05, 0.1) is 5.52 Å². The number of aromatic nitrogens is 2. The van der Waals surface area contributed by atoms with Gasteiger partial charge in [-0.1, -0.05) is 42.5 Å². The monoisotopic (exact) mass is 263 g/mol. The molecule has 1 aromatic carbocycles. The van der Waals surface area contributed by atoms with Gasteiger partial charge in [-0.25, -0.2) is 9.97 Å². The molecule has 1 aliphatic heterocycles. The average molecular weight is 263 g/mol. The highest BCUT2D eigenvalue weighted by Crippen LogP contribution is 2.30. The van der Waals surface area contributed by atoms with E-state index in [0.29, 0.717) is 11.8 Å². The van der Waals surface area contributed by atoms with Crippen LogP contribution in [-0.2, 0) is 0 Å². The van der Waals surface area contributed by atoms with Crippen molar-refractivity contribution in [3.8, 4) is 0 Å². The molecule has 2 atom stereocenters. The van der Waals surface area contributed by atoms with Crippen molar-refractivity contribution in [3.05, 3.63) is 54.8 Å². The molecule has 2 unspecified atom stereocenters. The summed E-state index contributed by atoms with van der Waals surface area (Å²) in [5.41, 5.74) is 1.03. The Morgan fingerprint density at radius 3 is 2.85 bits per heavy atom. The van der Waals surface area contributed by atoms with Crippen LogP contribution in [0.3, 0.4) is 0 Å². The van der Waals surface area contributed by atoms with Gasteiger partial charge in [-0.2, -0.15) is 0 Å². The molecule has 0 spiro atoms. The van der Waals surface area contributed by atoms with Crippen molar-refractivity contribution in [2.75, 3.05) is 18.0 Å². The van der Waals surface area contributed by atoms with Crippen molar-refractivity contribution < 1.29 is 0 Å². The number of fused-ring (bicyclic) bond motifs is 2. The molecule has 1 fully saturated rings. The Bertz CT molecular complexity index is 689. The SMILES string of the molecule is C1=CC2CCN(c3ncc4ccccc4n3)CC2C=C1. The van der Waals surface area contributed by atoms with Gasteiger partial charge in [-0.3, -0.25) is 0 Å². The molecule has 1 saturated heterocycles. The molecular formula is C17H17N3. The summed E-state index contributed by atoms with van der Waals surface area (Å²) in [5, 5.41) is 1.10. The van der Waals surface area contributed by atoms with Crippen molar-refractivity contribution in [3.63, 3.8) is 0 Å². The number of anilines is 1. The second-order valence-corrected chi connectivity index (χ2v) is 5.56. The molecule has 2 heterocycles. The third kappa shape index (κ3) is 1.99. The third-order valence-electron chi connectivity index (χ3n) is 4.30. The minimum atomic E-state index is 0.601. The van der Waals surface area contributed by atoms with Gasteiger partial charge in [0.25, 0.3) is 0 Å². The molecule has 2 aliphatic rings. The lowest BCUT2D eigenvalue weighted by molar-refractivity contribution is 0.385. The summed E-state index contributed by atoms with van der Waals surface area (Å²) in [4.78, 5) is 11.6. The quantitative estimate of drug-likeness (QED) is 0.791. The number of hydrogen-bond acceptors (Lipinski definition) is 3. The number of rotatable bonds is 1. The molecule has 100 valence electrons. The lowest BCUT2D eigenvalue weighted by Crippen LogP contribution is -2.40. The fourth-order valence-corrected chi connectivity index (χ4v) is 3.15. The summed E-state index contributed by atoms with van der Waals surface area (Å²) in [7, 11) is 0. The molecular weight excluding hydrogens is 246 g/mol. The van der Waals surface area contributed by atoms with Crippen LogP contribution in [-0.4, -0.2) is 23.1 Å². The van der Waals surface area contributed by atoms with Gasteiger partial charge in [0.1, 0.15) is 0 Å². The van der Waals surface area contributed by atoms with Crippen LogP contribution >= 0.6 is 0 Å². The maximum Gasteiger partial charge on any atom is 0.225 e. The van der Waals surface area contributed by atoms with Gasteiger partial charge in [0.15, 0.2) is 0 Å². The minimum absolute atomic E-state index is 0.601. The lowest BCUT2D eigenvalue weighted by Gasteiger charge is -2.37. The molecule has 1 aromatic heterocycles. The summed E-state index contributed by atoms with van der Waals surface area (Å²) < 4.78 is 0. The molecule has 20 heavy (non-hydrogen) atoms. The van der Waals surface area contributed by atoms with Gasteiger partial charge in [-0.05, 0) is 18.4 Å². The average Bonchev–Trinajstić information content (AvgIpc) is 2.54. The first kappa shape index (κ1) is 11.6. The van der Waals surface area contributed by atoms with Gasteiger partial charge >= 0.3 is 0 Å². The number of hydrogen-bond donors (Lipinski definition) is 0. The molecule has 0 radical (unpaired) electrons. The Hall–Kier alpha value is -2.16. The third-order valence-corrected chi connectivity index (χ3v) is 4.30.